The zero-order chi connectivity index (χ0) is 36.5. The van der Waals surface area contributed by atoms with Gasteiger partial charge in [-0.05, 0) is 0 Å². The molecule has 8 aromatic rings. The molecule has 0 aromatic heterocycles. The first-order valence-corrected chi connectivity index (χ1v) is 27.8. The van der Waals surface area contributed by atoms with Gasteiger partial charge in [0.2, 0.25) is 0 Å². The zero-order valence-corrected chi connectivity index (χ0v) is 34.3. The Morgan fingerprint density at radius 3 is 1.00 bits per heavy atom. The summed E-state index contributed by atoms with van der Waals surface area (Å²) in [6.07, 6.45) is 0. The van der Waals surface area contributed by atoms with Crippen LogP contribution in [-0.4, -0.2) is 0 Å². The second kappa shape index (κ2) is 12.4. The van der Waals surface area contributed by atoms with Gasteiger partial charge in [-0.15, -0.1) is 0 Å². The third-order valence-electron chi connectivity index (χ3n) is 11.9. The van der Waals surface area contributed by atoms with Gasteiger partial charge in [0, 0.05) is 0 Å². The molecule has 1 aliphatic heterocycles. The second-order valence-corrected chi connectivity index (χ2v) is 36.6. The average Bonchev–Trinajstić information content (AvgIpc) is 3.59. The number of rotatable bonds is 6. The van der Waals surface area contributed by atoms with Crippen molar-refractivity contribution in [1.82, 2.24) is 0 Å². The van der Waals surface area contributed by atoms with Crippen molar-refractivity contribution in [1.29, 1.82) is 0 Å². The van der Waals surface area contributed by atoms with Crippen LogP contribution in [0, 0.1) is 0 Å². The van der Waals surface area contributed by atoms with Crippen LogP contribution in [0.1, 0.15) is 11.1 Å². The molecule has 0 bridgehead atoms. The van der Waals surface area contributed by atoms with Crippen molar-refractivity contribution in [3.63, 3.8) is 0 Å². The fraction of sp³-hybridized carbons (Fsp3) is 0.0204. The molecule has 54 heavy (non-hydrogen) atoms. The van der Waals surface area contributed by atoms with Crippen LogP contribution in [0.15, 0.2) is 218 Å². The molecule has 1 aliphatic carbocycles. The van der Waals surface area contributed by atoms with Gasteiger partial charge in [-0.2, -0.15) is 0 Å². The van der Waals surface area contributed by atoms with E-state index in [4.69, 9.17) is 23.2 Å². The minimum absolute atomic E-state index is 0.585. The third-order valence-corrected chi connectivity index (χ3v) is 54.1. The average molecular weight is 859 g/mol. The Bertz CT molecular complexity index is 2340. The first-order chi connectivity index (χ1) is 26.6. The molecule has 264 valence electrons. The van der Waals surface area contributed by atoms with Crippen LogP contribution in [0.25, 0.3) is 11.1 Å². The van der Waals surface area contributed by atoms with Crippen molar-refractivity contribution < 1.29 is 16.2 Å². The summed E-state index contributed by atoms with van der Waals surface area (Å²) in [5.41, 5.74) is 4.92. The van der Waals surface area contributed by atoms with Crippen LogP contribution < -0.4 is 31.8 Å². The molecule has 1 heterocycles. The Kier molecular flexibility index (Phi) is 7.89. The van der Waals surface area contributed by atoms with Crippen LogP contribution >= 0.6 is 33.1 Å². The molecule has 1 spiro atoms. The summed E-state index contributed by atoms with van der Waals surface area (Å²) < 4.78 is 0. The molecule has 1 fully saturated rings. The van der Waals surface area contributed by atoms with Gasteiger partial charge in [0.15, 0.2) is 0 Å². The standard InChI is InChI=1S/C49H36Cl2P2.Ru/c50-46-36-35-44-43-33-19-20-34-45(43)49(47(44)48(46)51,52(37-21-7-1-8-22-37,38-23-9-2-10-24-38)39-25-11-3-12-26-39)53(40-27-13-4-14-28-40,41-29-15-5-16-30-41)42-31-17-6-18-32-42;/h1-36H;/q+2;-2. The van der Waals surface area contributed by atoms with E-state index in [-0.39, 0.29) is 0 Å². The molecule has 10 rings (SSSR count). The van der Waals surface area contributed by atoms with E-state index in [1.807, 2.05) is 6.07 Å². The van der Waals surface area contributed by atoms with E-state index < -0.39 is 30.9 Å². The Morgan fingerprint density at radius 2 is 0.648 bits per heavy atom. The van der Waals surface area contributed by atoms with Gasteiger partial charge in [0.1, 0.15) is 0 Å². The van der Waals surface area contributed by atoms with Crippen LogP contribution in [0.4, 0.5) is 0 Å². The van der Waals surface area contributed by atoms with Gasteiger partial charge in [-0.3, -0.25) is 0 Å². The van der Waals surface area contributed by atoms with Crippen LogP contribution in [0.2, 0.25) is 10.0 Å². The molecule has 2 aliphatic rings. The van der Waals surface area contributed by atoms with Crippen molar-refractivity contribution in [2.24, 2.45) is 0 Å². The molecule has 5 heteroatoms. The zero-order valence-electron chi connectivity index (χ0n) is 29.3. The summed E-state index contributed by atoms with van der Waals surface area (Å²) in [5.74, 6) is 0. The fourth-order valence-corrected chi connectivity index (χ4v) is 70.6. The van der Waals surface area contributed by atoms with Crippen LogP contribution in [0.5, 0.6) is 0 Å². The summed E-state index contributed by atoms with van der Waals surface area (Å²) in [4.78, 5) is -8.34. The van der Waals surface area contributed by atoms with E-state index in [2.05, 4.69) is 212 Å². The van der Waals surface area contributed by atoms with Gasteiger partial charge in [0.25, 0.3) is 0 Å². The Hall–Kier alpha value is -4.18. The van der Waals surface area contributed by atoms with Crippen molar-refractivity contribution in [2.75, 3.05) is 0 Å². The van der Waals surface area contributed by atoms with E-state index in [1.165, 1.54) is 54.1 Å². The number of hydrogen-bond acceptors (Lipinski definition) is 0. The Labute approximate surface area is 334 Å². The van der Waals surface area contributed by atoms with Gasteiger partial charge in [-0.25, -0.2) is 0 Å². The van der Waals surface area contributed by atoms with Crippen molar-refractivity contribution in [2.45, 2.75) is 4.90 Å². The first kappa shape index (κ1) is 34.3. The van der Waals surface area contributed by atoms with E-state index in [0.717, 1.165) is 0 Å². The predicted octanol–water partition coefficient (Wildman–Crippen LogP) is 11.2. The number of fused-ring (bicyclic) bond motifs is 5. The molecular formula is C49H36Cl2P2Ru. The van der Waals surface area contributed by atoms with Crippen molar-refractivity contribution in [3.05, 3.63) is 240 Å². The first-order valence-electron chi connectivity index (χ1n) is 18.2. The van der Waals surface area contributed by atoms with E-state index in [0.29, 0.717) is 10.0 Å². The van der Waals surface area contributed by atoms with Gasteiger partial charge in [0.05, 0.1) is 0 Å². The van der Waals surface area contributed by atoms with Gasteiger partial charge >= 0.3 is 337 Å². The van der Waals surface area contributed by atoms with E-state index in [1.54, 1.807) is 0 Å². The molecular weight excluding hydrogens is 822 g/mol. The fourth-order valence-electron chi connectivity index (χ4n) is 10.3. The van der Waals surface area contributed by atoms with Crippen molar-refractivity contribution >= 4 is 64.9 Å². The number of benzene rings is 8. The topological polar surface area (TPSA) is 0 Å². The summed E-state index contributed by atoms with van der Waals surface area (Å²) in [7, 11) is 0. The summed E-state index contributed by atoms with van der Waals surface area (Å²) in [6, 6.07) is 82.9. The molecule has 8 aromatic carbocycles. The molecule has 0 atom stereocenters. The van der Waals surface area contributed by atoms with E-state index in [9.17, 15) is 0 Å². The molecule has 0 N–H and O–H groups in total. The minimum atomic E-state index is -3.82. The van der Waals surface area contributed by atoms with Crippen LogP contribution in [0.3, 0.4) is 0 Å². The maximum absolute atomic E-state index is 8.05. The maximum atomic E-state index is 8.05. The monoisotopic (exact) mass is 858 g/mol. The molecule has 0 amide bonds. The molecule has 0 saturated carbocycles. The molecule has 0 radical (unpaired) electrons. The van der Waals surface area contributed by atoms with Crippen molar-refractivity contribution in [3.8, 4) is 11.1 Å². The van der Waals surface area contributed by atoms with E-state index >= 15 is 0 Å². The predicted molar refractivity (Wildman–Crippen MR) is 233 cm³/mol. The normalized spacial score (nSPS) is 21.0. The Balaban J connectivity index is 1.65. The summed E-state index contributed by atoms with van der Waals surface area (Å²) in [6.45, 7) is 0. The summed E-state index contributed by atoms with van der Waals surface area (Å²) >= 11 is 14.8. The molecule has 0 nitrogen and oxygen atoms in total. The SMILES string of the molecule is Clc1ccc2c(c1Cl)C1(c3ccccc3-2)[P](c2ccccc2)(c2ccccc2)(c2ccccc2)[Ru][P]1(c1ccccc1)(c1ccccc1)c1ccccc1. The summed E-state index contributed by atoms with van der Waals surface area (Å²) in [5, 5.41) is 9.58. The third kappa shape index (κ3) is 3.72. The van der Waals surface area contributed by atoms with Crippen LogP contribution in [-0.2, 0) is 21.1 Å². The number of hydrogen-bond donors (Lipinski definition) is 0. The molecule has 0 unspecified atom stereocenters. The second-order valence-electron chi connectivity index (χ2n) is 14.1. The number of halogens is 2. The van der Waals surface area contributed by atoms with Gasteiger partial charge < -0.3 is 0 Å². The quantitative estimate of drug-likeness (QED) is 0.115. The van der Waals surface area contributed by atoms with Gasteiger partial charge in [-0.1, -0.05) is 0 Å². The Morgan fingerprint density at radius 1 is 0.333 bits per heavy atom. The molecule has 1 saturated heterocycles.